The second-order valence-electron chi connectivity index (χ2n) is 9.05. The first-order chi connectivity index (χ1) is 18.0. The van der Waals surface area contributed by atoms with Crippen LogP contribution in [0.15, 0.2) is 77.3 Å². The van der Waals surface area contributed by atoms with Gasteiger partial charge in [0.15, 0.2) is 0 Å². The number of halogens is 2. The Morgan fingerprint density at radius 2 is 1.73 bits per heavy atom. The van der Waals surface area contributed by atoms with E-state index in [9.17, 15) is 13.6 Å². The van der Waals surface area contributed by atoms with E-state index >= 15 is 0 Å². The number of aryl methyl sites for hydroxylation is 1. The molecule has 3 aromatic carbocycles. The van der Waals surface area contributed by atoms with Crippen LogP contribution in [-0.2, 0) is 17.8 Å². The minimum atomic E-state index is -0.603. The Morgan fingerprint density at radius 1 is 0.973 bits per heavy atom. The molecule has 0 aliphatic carbocycles. The zero-order chi connectivity index (χ0) is 25.8. The number of carbonyl (C=O) groups excluding carboxylic acids is 1. The maximum atomic E-state index is 14.7. The summed E-state index contributed by atoms with van der Waals surface area (Å²) in [5.41, 5.74) is 3.94. The molecule has 1 fully saturated rings. The third kappa shape index (κ3) is 5.54. The fraction of sp³-hybridized carbons (Fsp3) is 0.241. The van der Waals surface area contributed by atoms with Gasteiger partial charge in [0.25, 0.3) is 5.91 Å². The number of rotatable bonds is 7. The van der Waals surface area contributed by atoms with Crippen molar-refractivity contribution in [2.45, 2.75) is 20.0 Å². The molecule has 0 atom stereocenters. The average molecular weight is 504 g/mol. The first kappa shape index (κ1) is 24.6. The van der Waals surface area contributed by atoms with Gasteiger partial charge in [-0.05, 0) is 42.8 Å². The molecule has 0 saturated carbocycles. The Balaban J connectivity index is 1.58. The molecule has 1 aliphatic rings. The van der Waals surface area contributed by atoms with Crippen molar-refractivity contribution < 1.29 is 22.8 Å². The van der Waals surface area contributed by atoms with Crippen LogP contribution in [-0.4, -0.2) is 42.3 Å². The molecule has 2 heterocycles. The van der Waals surface area contributed by atoms with Crippen LogP contribution in [0, 0.1) is 18.6 Å². The molecule has 4 aromatic rings. The molecular weight excluding hydrogens is 476 g/mol. The van der Waals surface area contributed by atoms with Gasteiger partial charge in [-0.15, -0.1) is 0 Å². The number of amides is 1. The molecule has 1 saturated heterocycles. The number of hydrogen-bond donors (Lipinski definition) is 0. The molecule has 5 rings (SSSR count). The first-order valence-corrected chi connectivity index (χ1v) is 12.2. The van der Waals surface area contributed by atoms with E-state index in [0.29, 0.717) is 43.4 Å². The van der Waals surface area contributed by atoms with Crippen molar-refractivity contribution in [3.63, 3.8) is 0 Å². The lowest BCUT2D eigenvalue weighted by atomic mass is 10.0. The van der Waals surface area contributed by atoms with Crippen molar-refractivity contribution in [3.8, 4) is 11.3 Å². The number of anilines is 1. The normalized spacial score (nSPS) is 13.5. The fourth-order valence-corrected chi connectivity index (χ4v) is 4.48. The molecule has 8 heteroatoms. The Labute approximate surface area is 214 Å². The lowest BCUT2D eigenvalue weighted by Gasteiger charge is -2.28. The predicted molar refractivity (Wildman–Crippen MR) is 136 cm³/mol. The van der Waals surface area contributed by atoms with Gasteiger partial charge in [0.2, 0.25) is 5.88 Å². The predicted octanol–water partition coefficient (Wildman–Crippen LogP) is 5.61. The minimum Gasteiger partial charge on any atom is -0.378 e. The quantitative estimate of drug-likeness (QED) is 0.328. The fourth-order valence-electron chi connectivity index (χ4n) is 4.48. The van der Waals surface area contributed by atoms with Crippen molar-refractivity contribution in [3.05, 3.63) is 107 Å². The molecule has 1 aromatic heterocycles. The molecule has 0 spiro atoms. The van der Waals surface area contributed by atoms with Crippen LogP contribution in [0.1, 0.15) is 27.0 Å². The number of nitrogens with zero attached hydrogens (tertiary/aromatic N) is 3. The summed E-state index contributed by atoms with van der Waals surface area (Å²) in [6.07, 6.45) is 0. The summed E-state index contributed by atoms with van der Waals surface area (Å²) in [6.45, 7) is 4.59. The molecule has 0 N–H and O–H groups in total. The number of benzene rings is 3. The molecule has 1 aliphatic heterocycles. The van der Waals surface area contributed by atoms with E-state index in [2.05, 4.69) is 10.1 Å². The maximum absolute atomic E-state index is 14.7. The highest BCUT2D eigenvalue weighted by atomic mass is 19.1. The molecular formula is C29H27F2N3O3. The Bertz CT molecular complexity index is 1380. The topological polar surface area (TPSA) is 58.8 Å². The van der Waals surface area contributed by atoms with Gasteiger partial charge in [0.1, 0.15) is 17.3 Å². The molecule has 190 valence electrons. The molecule has 6 nitrogen and oxygen atoms in total. The van der Waals surface area contributed by atoms with Crippen LogP contribution >= 0.6 is 0 Å². The van der Waals surface area contributed by atoms with Gasteiger partial charge < -0.3 is 19.1 Å². The molecule has 0 unspecified atom stereocenters. The third-order valence-corrected chi connectivity index (χ3v) is 6.38. The number of aromatic nitrogens is 1. The molecule has 0 radical (unpaired) electrons. The highest BCUT2D eigenvalue weighted by Crippen LogP contribution is 2.34. The second-order valence-corrected chi connectivity index (χ2v) is 9.05. The van der Waals surface area contributed by atoms with Gasteiger partial charge in [-0.1, -0.05) is 53.2 Å². The van der Waals surface area contributed by atoms with Gasteiger partial charge in [-0.25, -0.2) is 8.78 Å². The third-order valence-electron chi connectivity index (χ3n) is 6.38. The SMILES string of the molecule is Cc1cccc(-c2noc(N3CCOCC3)c2CN(Cc2ccc(F)cc2)C(=O)c2ccccc2F)c1. The van der Waals surface area contributed by atoms with E-state index in [1.165, 1.54) is 24.3 Å². The highest BCUT2D eigenvalue weighted by Gasteiger charge is 2.28. The van der Waals surface area contributed by atoms with Crippen LogP contribution < -0.4 is 4.90 Å². The Morgan fingerprint density at radius 3 is 2.46 bits per heavy atom. The standard InChI is InChI=1S/C29H27F2N3O3/c1-20-5-4-6-22(17-20)27-25(29(37-32-27)33-13-15-36-16-14-33)19-34(18-21-9-11-23(30)12-10-21)28(35)24-7-2-3-8-26(24)31/h2-12,17H,13-16,18-19H2,1H3. The highest BCUT2D eigenvalue weighted by molar-refractivity contribution is 5.94. The van der Waals surface area contributed by atoms with Gasteiger partial charge in [-0.2, -0.15) is 0 Å². The van der Waals surface area contributed by atoms with Gasteiger partial charge in [0, 0.05) is 25.2 Å². The summed E-state index contributed by atoms with van der Waals surface area (Å²) < 4.78 is 39.6. The zero-order valence-electron chi connectivity index (χ0n) is 20.5. The summed E-state index contributed by atoms with van der Waals surface area (Å²) in [5.74, 6) is -0.891. The smallest absolute Gasteiger partial charge is 0.257 e. The Hall–Kier alpha value is -4.04. The number of carbonyl (C=O) groups is 1. The van der Waals surface area contributed by atoms with E-state index in [1.54, 1.807) is 29.2 Å². The van der Waals surface area contributed by atoms with Crippen LogP contribution in [0.25, 0.3) is 11.3 Å². The van der Waals surface area contributed by atoms with E-state index < -0.39 is 11.7 Å². The van der Waals surface area contributed by atoms with Crippen molar-refractivity contribution in [2.75, 3.05) is 31.2 Å². The minimum absolute atomic E-state index is 0.0360. The van der Waals surface area contributed by atoms with Crippen LogP contribution in [0.2, 0.25) is 0 Å². The maximum Gasteiger partial charge on any atom is 0.257 e. The lowest BCUT2D eigenvalue weighted by molar-refractivity contribution is 0.0725. The van der Waals surface area contributed by atoms with Crippen molar-refractivity contribution in [1.29, 1.82) is 0 Å². The van der Waals surface area contributed by atoms with Crippen LogP contribution in [0.3, 0.4) is 0 Å². The van der Waals surface area contributed by atoms with Crippen LogP contribution in [0.5, 0.6) is 0 Å². The number of morpholine rings is 1. The largest absolute Gasteiger partial charge is 0.378 e. The molecule has 1 amide bonds. The summed E-state index contributed by atoms with van der Waals surface area (Å²) in [4.78, 5) is 17.3. The first-order valence-electron chi connectivity index (χ1n) is 12.2. The van der Waals surface area contributed by atoms with E-state index in [1.807, 2.05) is 31.2 Å². The molecule has 37 heavy (non-hydrogen) atoms. The van der Waals surface area contributed by atoms with Crippen molar-refractivity contribution >= 4 is 11.8 Å². The Kier molecular flexibility index (Phi) is 7.28. The zero-order valence-corrected chi connectivity index (χ0v) is 20.5. The van der Waals surface area contributed by atoms with E-state index in [0.717, 1.165) is 16.7 Å². The van der Waals surface area contributed by atoms with Gasteiger partial charge >= 0.3 is 0 Å². The van der Waals surface area contributed by atoms with Crippen molar-refractivity contribution in [2.24, 2.45) is 0 Å². The molecule has 0 bridgehead atoms. The monoisotopic (exact) mass is 503 g/mol. The summed E-state index contributed by atoms with van der Waals surface area (Å²) >= 11 is 0. The van der Waals surface area contributed by atoms with Crippen molar-refractivity contribution in [1.82, 2.24) is 10.1 Å². The van der Waals surface area contributed by atoms with Gasteiger partial charge in [0.05, 0.1) is 30.9 Å². The summed E-state index contributed by atoms with van der Waals surface area (Å²) in [6, 6.07) is 19.7. The average Bonchev–Trinajstić information content (AvgIpc) is 3.33. The van der Waals surface area contributed by atoms with Gasteiger partial charge in [-0.3, -0.25) is 4.79 Å². The number of hydrogen-bond acceptors (Lipinski definition) is 5. The number of ether oxygens (including phenoxy) is 1. The summed E-state index contributed by atoms with van der Waals surface area (Å²) in [5, 5.41) is 4.40. The lowest BCUT2D eigenvalue weighted by Crippen LogP contribution is -2.37. The second kappa shape index (κ2) is 10.9. The van der Waals surface area contributed by atoms with E-state index in [-0.39, 0.29) is 24.5 Å². The van der Waals surface area contributed by atoms with Crippen LogP contribution in [0.4, 0.5) is 14.7 Å². The summed E-state index contributed by atoms with van der Waals surface area (Å²) in [7, 11) is 0. The van der Waals surface area contributed by atoms with E-state index in [4.69, 9.17) is 9.26 Å².